The lowest BCUT2D eigenvalue weighted by atomic mass is 9.89. The van der Waals surface area contributed by atoms with Crippen LogP contribution in [0.25, 0.3) is 0 Å². The monoisotopic (exact) mass is 278 g/mol. The molecule has 5 nitrogen and oxygen atoms in total. The number of ether oxygens (including phenoxy) is 2. The van der Waals surface area contributed by atoms with Gasteiger partial charge in [0, 0.05) is 24.1 Å². The van der Waals surface area contributed by atoms with E-state index in [2.05, 4.69) is 26.1 Å². The summed E-state index contributed by atoms with van der Waals surface area (Å²) < 4.78 is 11.3. The number of rotatable bonds is 5. The maximum Gasteiger partial charge on any atom is 0.255 e. The van der Waals surface area contributed by atoms with Crippen molar-refractivity contribution < 1.29 is 14.3 Å². The van der Waals surface area contributed by atoms with Crippen LogP contribution in [-0.2, 0) is 4.79 Å². The molecule has 0 fully saturated rings. The minimum Gasteiger partial charge on any atom is -0.487 e. The van der Waals surface area contributed by atoms with Gasteiger partial charge < -0.3 is 20.5 Å². The SMILES string of the molecule is CCNC1CC(C)(C)Oc2cc(OCC(N)=O)ccc21. The second-order valence-electron chi connectivity index (χ2n) is 5.63. The van der Waals surface area contributed by atoms with Crippen molar-refractivity contribution in [3.8, 4) is 11.5 Å². The fourth-order valence-electron chi connectivity index (χ4n) is 2.50. The summed E-state index contributed by atoms with van der Waals surface area (Å²) >= 11 is 0. The zero-order valence-electron chi connectivity index (χ0n) is 12.2. The molecular weight excluding hydrogens is 256 g/mol. The number of primary amides is 1. The number of hydrogen-bond donors (Lipinski definition) is 2. The normalized spacial score (nSPS) is 19.9. The van der Waals surface area contributed by atoms with E-state index in [1.807, 2.05) is 18.2 Å². The molecule has 20 heavy (non-hydrogen) atoms. The van der Waals surface area contributed by atoms with Crippen LogP contribution >= 0.6 is 0 Å². The molecular formula is C15H22N2O3. The summed E-state index contributed by atoms with van der Waals surface area (Å²) in [5.74, 6) is 0.902. The molecule has 1 heterocycles. The van der Waals surface area contributed by atoms with E-state index in [0.717, 1.165) is 24.3 Å². The van der Waals surface area contributed by atoms with Gasteiger partial charge in [0.1, 0.15) is 17.1 Å². The lowest BCUT2D eigenvalue weighted by Gasteiger charge is -2.38. The van der Waals surface area contributed by atoms with Gasteiger partial charge in [0.25, 0.3) is 5.91 Å². The quantitative estimate of drug-likeness (QED) is 0.860. The molecule has 1 aromatic carbocycles. The average molecular weight is 278 g/mol. The Labute approximate surface area is 119 Å². The number of hydrogen-bond acceptors (Lipinski definition) is 4. The van der Waals surface area contributed by atoms with Crippen molar-refractivity contribution in [2.45, 2.75) is 38.8 Å². The predicted octanol–water partition coefficient (Wildman–Crippen LogP) is 1.76. The Morgan fingerprint density at radius 3 is 2.95 bits per heavy atom. The van der Waals surface area contributed by atoms with E-state index in [1.165, 1.54) is 0 Å². The van der Waals surface area contributed by atoms with Crippen LogP contribution in [0.15, 0.2) is 18.2 Å². The van der Waals surface area contributed by atoms with Crippen LogP contribution in [0.5, 0.6) is 11.5 Å². The van der Waals surface area contributed by atoms with Crippen LogP contribution < -0.4 is 20.5 Å². The van der Waals surface area contributed by atoms with Crippen molar-refractivity contribution >= 4 is 5.91 Å². The Morgan fingerprint density at radius 2 is 2.30 bits per heavy atom. The third-order valence-corrected chi connectivity index (χ3v) is 3.27. The Kier molecular flexibility index (Phi) is 4.18. The molecule has 0 spiro atoms. The van der Waals surface area contributed by atoms with E-state index in [0.29, 0.717) is 5.75 Å². The van der Waals surface area contributed by atoms with Gasteiger partial charge in [-0.2, -0.15) is 0 Å². The molecule has 2 rings (SSSR count). The minimum absolute atomic E-state index is 0.126. The topological polar surface area (TPSA) is 73.6 Å². The van der Waals surface area contributed by atoms with Gasteiger partial charge in [0.2, 0.25) is 0 Å². The zero-order chi connectivity index (χ0) is 14.8. The van der Waals surface area contributed by atoms with Crippen molar-refractivity contribution in [3.05, 3.63) is 23.8 Å². The van der Waals surface area contributed by atoms with Crippen LogP contribution in [0.1, 0.15) is 38.8 Å². The molecule has 1 aliphatic heterocycles. The lowest BCUT2D eigenvalue weighted by molar-refractivity contribution is -0.119. The minimum atomic E-state index is -0.491. The number of amides is 1. The van der Waals surface area contributed by atoms with E-state index in [4.69, 9.17) is 15.2 Å². The third kappa shape index (κ3) is 3.42. The van der Waals surface area contributed by atoms with Gasteiger partial charge in [-0.25, -0.2) is 0 Å². The Balaban J connectivity index is 2.24. The molecule has 1 aromatic rings. The van der Waals surface area contributed by atoms with Crippen LogP contribution in [-0.4, -0.2) is 24.7 Å². The smallest absolute Gasteiger partial charge is 0.255 e. The third-order valence-electron chi connectivity index (χ3n) is 3.27. The molecule has 5 heteroatoms. The molecule has 0 aliphatic carbocycles. The first kappa shape index (κ1) is 14.7. The van der Waals surface area contributed by atoms with Crippen LogP contribution in [0.3, 0.4) is 0 Å². The molecule has 3 N–H and O–H groups in total. The fraction of sp³-hybridized carbons (Fsp3) is 0.533. The summed E-state index contributed by atoms with van der Waals surface area (Å²) in [5.41, 5.74) is 5.97. The fourth-order valence-corrected chi connectivity index (χ4v) is 2.50. The Hall–Kier alpha value is -1.75. The van der Waals surface area contributed by atoms with Crippen molar-refractivity contribution in [1.82, 2.24) is 5.32 Å². The van der Waals surface area contributed by atoms with Gasteiger partial charge in [-0.1, -0.05) is 13.0 Å². The van der Waals surface area contributed by atoms with Crippen LogP contribution in [0.4, 0.5) is 0 Å². The van der Waals surface area contributed by atoms with E-state index >= 15 is 0 Å². The molecule has 1 atom stereocenters. The number of carbonyl (C=O) groups is 1. The van der Waals surface area contributed by atoms with E-state index in [1.54, 1.807) is 0 Å². The highest BCUT2D eigenvalue weighted by Crippen LogP contribution is 2.41. The second-order valence-corrected chi connectivity index (χ2v) is 5.63. The van der Waals surface area contributed by atoms with Gasteiger partial charge in [0.05, 0.1) is 0 Å². The first-order valence-electron chi connectivity index (χ1n) is 6.89. The van der Waals surface area contributed by atoms with Gasteiger partial charge in [-0.3, -0.25) is 4.79 Å². The van der Waals surface area contributed by atoms with Crippen molar-refractivity contribution in [3.63, 3.8) is 0 Å². The first-order valence-corrected chi connectivity index (χ1v) is 6.89. The molecule has 1 aliphatic rings. The maximum atomic E-state index is 10.8. The number of benzene rings is 1. The Bertz CT molecular complexity index is 500. The summed E-state index contributed by atoms with van der Waals surface area (Å²) in [7, 11) is 0. The average Bonchev–Trinajstić information content (AvgIpc) is 2.35. The number of carbonyl (C=O) groups excluding carboxylic acids is 1. The van der Waals surface area contributed by atoms with Crippen molar-refractivity contribution in [2.24, 2.45) is 5.73 Å². The van der Waals surface area contributed by atoms with Crippen LogP contribution in [0.2, 0.25) is 0 Å². The zero-order valence-corrected chi connectivity index (χ0v) is 12.2. The highest BCUT2D eigenvalue weighted by molar-refractivity contribution is 5.75. The molecule has 1 unspecified atom stereocenters. The van der Waals surface area contributed by atoms with Crippen molar-refractivity contribution in [1.29, 1.82) is 0 Å². The first-order chi connectivity index (χ1) is 9.41. The molecule has 1 amide bonds. The summed E-state index contributed by atoms with van der Waals surface area (Å²) in [6.07, 6.45) is 0.912. The second kappa shape index (κ2) is 5.71. The molecule has 0 saturated carbocycles. The largest absolute Gasteiger partial charge is 0.487 e. The number of nitrogens with two attached hydrogens (primary N) is 1. The van der Waals surface area contributed by atoms with Crippen molar-refractivity contribution in [2.75, 3.05) is 13.2 Å². The number of nitrogens with one attached hydrogen (secondary N) is 1. The van der Waals surface area contributed by atoms with Gasteiger partial charge >= 0.3 is 0 Å². The maximum absolute atomic E-state index is 10.8. The van der Waals surface area contributed by atoms with Gasteiger partial charge in [0.15, 0.2) is 6.61 Å². The standard InChI is InChI=1S/C15H22N2O3/c1-4-17-12-8-15(2,3)20-13-7-10(5-6-11(12)13)19-9-14(16)18/h5-7,12,17H,4,8-9H2,1-3H3,(H2,16,18). The van der Waals surface area contributed by atoms with Gasteiger partial charge in [-0.15, -0.1) is 0 Å². The molecule has 0 bridgehead atoms. The summed E-state index contributed by atoms with van der Waals surface area (Å²) in [6, 6.07) is 5.91. The Morgan fingerprint density at radius 1 is 1.55 bits per heavy atom. The van der Waals surface area contributed by atoms with E-state index in [-0.39, 0.29) is 18.2 Å². The van der Waals surface area contributed by atoms with E-state index in [9.17, 15) is 4.79 Å². The molecule has 0 aromatic heterocycles. The van der Waals surface area contributed by atoms with E-state index < -0.39 is 5.91 Å². The highest BCUT2D eigenvalue weighted by Gasteiger charge is 2.33. The van der Waals surface area contributed by atoms with Crippen LogP contribution in [0, 0.1) is 0 Å². The predicted molar refractivity (Wildman–Crippen MR) is 76.9 cm³/mol. The number of fused-ring (bicyclic) bond motifs is 1. The summed E-state index contributed by atoms with van der Waals surface area (Å²) in [4.78, 5) is 10.8. The summed E-state index contributed by atoms with van der Waals surface area (Å²) in [5, 5.41) is 3.47. The van der Waals surface area contributed by atoms with Gasteiger partial charge in [-0.05, 0) is 26.5 Å². The highest BCUT2D eigenvalue weighted by atomic mass is 16.5. The molecule has 110 valence electrons. The molecule has 0 saturated heterocycles. The summed E-state index contributed by atoms with van der Waals surface area (Å²) in [6.45, 7) is 7.00. The lowest BCUT2D eigenvalue weighted by Crippen LogP contribution is -2.39. The molecule has 0 radical (unpaired) electrons.